The Bertz CT molecular complexity index is 328. The molecule has 0 radical (unpaired) electrons. The lowest BCUT2D eigenvalue weighted by Gasteiger charge is -2.16. The topological polar surface area (TPSA) is 29.3 Å². The van der Waals surface area contributed by atoms with Crippen LogP contribution in [0.25, 0.3) is 0 Å². The Kier molecular flexibility index (Phi) is 3.96. The monoisotopic (exact) mass is 218 g/mol. The van der Waals surface area contributed by atoms with E-state index in [1.807, 2.05) is 0 Å². The van der Waals surface area contributed by atoms with Crippen molar-refractivity contribution in [2.45, 2.75) is 13.0 Å². The van der Waals surface area contributed by atoms with Crippen LogP contribution in [0.5, 0.6) is 0 Å². The fourth-order valence-corrected chi connectivity index (χ4v) is 1.31. The second-order valence-electron chi connectivity index (χ2n) is 3.41. The fraction of sp³-hybridized carbons (Fsp3) is 0.400. The Hall–Kier alpha value is -1.23. The standard InChI is InChI=1S/C10H13F3N2/c1-15(6-9(11)12)5-7-3-2-4-8(14)10(7)13/h2-4,9H,5-6,14H2,1H3. The molecule has 0 amide bonds. The van der Waals surface area contributed by atoms with E-state index in [-0.39, 0.29) is 18.8 Å². The molecule has 0 atom stereocenters. The molecule has 0 aliphatic carbocycles. The number of nitrogens with two attached hydrogens (primary N) is 1. The van der Waals surface area contributed by atoms with Gasteiger partial charge in [0.15, 0.2) is 5.82 Å². The highest BCUT2D eigenvalue weighted by Gasteiger charge is 2.11. The average Bonchev–Trinajstić information content (AvgIpc) is 2.11. The van der Waals surface area contributed by atoms with Gasteiger partial charge in [0.25, 0.3) is 6.43 Å². The van der Waals surface area contributed by atoms with E-state index in [0.29, 0.717) is 5.56 Å². The van der Waals surface area contributed by atoms with Crippen molar-refractivity contribution in [3.05, 3.63) is 29.6 Å². The van der Waals surface area contributed by atoms with Gasteiger partial charge in [0, 0.05) is 12.1 Å². The first-order chi connectivity index (χ1) is 7.00. The number of benzene rings is 1. The summed E-state index contributed by atoms with van der Waals surface area (Å²) < 4.78 is 37.4. The molecule has 0 unspecified atom stereocenters. The van der Waals surface area contributed by atoms with E-state index in [9.17, 15) is 13.2 Å². The average molecular weight is 218 g/mol. The first kappa shape index (κ1) is 11.8. The number of rotatable bonds is 4. The normalized spacial score (nSPS) is 11.3. The van der Waals surface area contributed by atoms with E-state index in [0.717, 1.165) is 0 Å². The first-order valence-electron chi connectivity index (χ1n) is 4.50. The van der Waals surface area contributed by atoms with Gasteiger partial charge in [0.2, 0.25) is 0 Å². The molecule has 0 saturated heterocycles. The third-order valence-corrected chi connectivity index (χ3v) is 2.00. The number of halogens is 3. The summed E-state index contributed by atoms with van der Waals surface area (Å²) >= 11 is 0. The molecule has 2 N–H and O–H groups in total. The zero-order valence-corrected chi connectivity index (χ0v) is 8.38. The minimum atomic E-state index is -2.42. The van der Waals surface area contributed by atoms with E-state index in [1.165, 1.54) is 24.1 Å². The zero-order valence-electron chi connectivity index (χ0n) is 8.38. The largest absolute Gasteiger partial charge is 0.396 e. The van der Waals surface area contributed by atoms with Crippen LogP contribution in [0.1, 0.15) is 5.56 Å². The SMILES string of the molecule is CN(Cc1cccc(N)c1F)CC(F)F. The molecule has 0 aromatic heterocycles. The molecule has 0 spiro atoms. The zero-order chi connectivity index (χ0) is 11.4. The summed E-state index contributed by atoms with van der Waals surface area (Å²) in [4.78, 5) is 1.35. The molecule has 0 bridgehead atoms. The number of hydrogen-bond donors (Lipinski definition) is 1. The van der Waals surface area contributed by atoms with Crippen molar-refractivity contribution < 1.29 is 13.2 Å². The minimum absolute atomic E-state index is 0.0398. The quantitative estimate of drug-likeness (QED) is 0.784. The van der Waals surface area contributed by atoms with Gasteiger partial charge in [-0.15, -0.1) is 0 Å². The van der Waals surface area contributed by atoms with Crippen molar-refractivity contribution in [2.75, 3.05) is 19.3 Å². The van der Waals surface area contributed by atoms with Crippen LogP contribution in [-0.4, -0.2) is 24.9 Å². The van der Waals surface area contributed by atoms with E-state index < -0.39 is 12.2 Å². The van der Waals surface area contributed by atoms with Crippen molar-refractivity contribution in [1.82, 2.24) is 4.90 Å². The van der Waals surface area contributed by atoms with Crippen LogP contribution in [0, 0.1) is 5.82 Å². The first-order valence-corrected chi connectivity index (χ1v) is 4.50. The van der Waals surface area contributed by atoms with Crippen LogP contribution < -0.4 is 5.73 Å². The van der Waals surface area contributed by atoms with E-state index in [4.69, 9.17) is 5.73 Å². The van der Waals surface area contributed by atoms with Crippen LogP contribution in [0.4, 0.5) is 18.9 Å². The lowest BCUT2D eigenvalue weighted by molar-refractivity contribution is 0.0971. The van der Waals surface area contributed by atoms with Gasteiger partial charge in [-0.3, -0.25) is 4.90 Å². The van der Waals surface area contributed by atoms with Crippen molar-refractivity contribution in [3.63, 3.8) is 0 Å². The molecule has 1 aromatic carbocycles. The molecule has 84 valence electrons. The van der Waals surface area contributed by atoms with E-state index in [1.54, 1.807) is 6.07 Å². The summed E-state index contributed by atoms with van der Waals surface area (Å²) in [6.45, 7) is -0.255. The van der Waals surface area contributed by atoms with Crippen LogP contribution in [0.2, 0.25) is 0 Å². The van der Waals surface area contributed by atoms with Gasteiger partial charge in [-0.2, -0.15) is 0 Å². The Balaban J connectivity index is 2.68. The van der Waals surface area contributed by atoms with Crippen LogP contribution in [0.15, 0.2) is 18.2 Å². The Labute approximate surface area is 86.5 Å². The summed E-state index contributed by atoms with van der Waals surface area (Å²) in [5, 5.41) is 0. The highest BCUT2D eigenvalue weighted by atomic mass is 19.3. The summed E-state index contributed by atoms with van der Waals surface area (Å²) in [5.41, 5.74) is 5.73. The third kappa shape index (κ3) is 3.43. The molecule has 1 rings (SSSR count). The molecular formula is C10H13F3N2. The molecule has 1 aromatic rings. The number of anilines is 1. The van der Waals surface area contributed by atoms with Gasteiger partial charge < -0.3 is 5.73 Å². The van der Waals surface area contributed by atoms with Crippen LogP contribution >= 0.6 is 0 Å². The maximum Gasteiger partial charge on any atom is 0.251 e. The van der Waals surface area contributed by atoms with Gasteiger partial charge in [0.1, 0.15) is 0 Å². The number of alkyl halides is 2. The third-order valence-electron chi connectivity index (χ3n) is 2.00. The minimum Gasteiger partial charge on any atom is -0.396 e. The smallest absolute Gasteiger partial charge is 0.251 e. The maximum atomic E-state index is 13.4. The highest BCUT2D eigenvalue weighted by molar-refractivity contribution is 5.42. The Morgan fingerprint density at radius 3 is 2.67 bits per heavy atom. The highest BCUT2D eigenvalue weighted by Crippen LogP contribution is 2.16. The van der Waals surface area contributed by atoms with Crippen LogP contribution in [-0.2, 0) is 6.54 Å². The molecule has 5 heteroatoms. The summed E-state index contributed by atoms with van der Waals surface area (Å²) in [6, 6.07) is 4.57. The van der Waals surface area contributed by atoms with Gasteiger partial charge in [0.05, 0.1) is 12.2 Å². The van der Waals surface area contributed by atoms with Gasteiger partial charge in [-0.25, -0.2) is 13.2 Å². The summed E-state index contributed by atoms with van der Waals surface area (Å²) in [7, 11) is 1.51. The van der Waals surface area contributed by atoms with E-state index in [2.05, 4.69) is 0 Å². The lowest BCUT2D eigenvalue weighted by atomic mass is 10.2. The number of hydrogen-bond acceptors (Lipinski definition) is 2. The second-order valence-corrected chi connectivity index (χ2v) is 3.41. The predicted molar refractivity (Wildman–Crippen MR) is 53.2 cm³/mol. The fourth-order valence-electron chi connectivity index (χ4n) is 1.31. The molecule has 0 aliphatic rings. The van der Waals surface area contributed by atoms with Gasteiger partial charge >= 0.3 is 0 Å². The molecular weight excluding hydrogens is 205 g/mol. The van der Waals surface area contributed by atoms with Gasteiger partial charge in [-0.05, 0) is 13.1 Å². The lowest BCUT2D eigenvalue weighted by Crippen LogP contribution is -2.24. The molecule has 2 nitrogen and oxygen atoms in total. The maximum absolute atomic E-state index is 13.4. The molecule has 0 heterocycles. The second kappa shape index (κ2) is 5.02. The van der Waals surface area contributed by atoms with E-state index >= 15 is 0 Å². The van der Waals surface area contributed by atoms with Gasteiger partial charge in [-0.1, -0.05) is 12.1 Å². The Morgan fingerprint density at radius 2 is 2.07 bits per heavy atom. The number of nitrogen functional groups attached to an aromatic ring is 1. The molecule has 15 heavy (non-hydrogen) atoms. The summed E-state index contributed by atoms with van der Waals surface area (Å²) in [5.74, 6) is -0.529. The molecule has 0 saturated carbocycles. The van der Waals surface area contributed by atoms with Crippen LogP contribution in [0.3, 0.4) is 0 Å². The predicted octanol–water partition coefficient (Wildman–Crippen LogP) is 2.10. The molecule has 0 fully saturated rings. The summed E-state index contributed by atoms with van der Waals surface area (Å²) in [6.07, 6.45) is -2.42. The van der Waals surface area contributed by atoms with Crippen molar-refractivity contribution in [1.29, 1.82) is 0 Å². The number of nitrogens with zero attached hydrogens (tertiary/aromatic N) is 1. The van der Waals surface area contributed by atoms with Crippen molar-refractivity contribution >= 4 is 5.69 Å². The Morgan fingerprint density at radius 1 is 1.40 bits per heavy atom. The molecule has 0 aliphatic heterocycles. The van der Waals surface area contributed by atoms with Crippen molar-refractivity contribution in [2.24, 2.45) is 0 Å². The van der Waals surface area contributed by atoms with Crippen molar-refractivity contribution in [3.8, 4) is 0 Å².